The van der Waals surface area contributed by atoms with E-state index in [9.17, 15) is 0 Å². The summed E-state index contributed by atoms with van der Waals surface area (Å²) in [6.45, 7) is 2.06. The largest absolute Gasteiger partial charge is 0.412 e. The van der Waals surface area contributed by atoms with Crippen molar-refractivity contribution in [3.63, 3.8) is 0 Å². The maximum absolute atomic E-state index is 4.28. The van der Waals surface area contributed by atoms with Crippen molar-refractivity contribution >= 4 is 0 Å². The van der Waals surface area contributed by atoms with Gasteiger partial charge in [0, 0.05) is 26.3 Å². The zero-order valence-electron chi connectivity index (χ0n) is 8.32. The first-order chi connectivity index (χ1) is 6.36. The Labute approximate surface area is 103 Å². The fourth-order valence-electron chi connectivity index (χ4n) is 1.24. The summed E-state index contributed by atoms with van der Waals surface area (Å²) in [5.74, 6) is 0. The van der Waals surface area contributed by atoms with E-state index in [1.54, 1.807) is 0 Å². The number of aromatic nitrogens is 1. The van der Waals surface area contributed by atoms with Crippen LogP contribution in [0.3, 0.4) is 0 Å². The first-order valence-electron chi connectivity index (χ1n) is 4.26. The minimum Gasteiger partial charge on any atom is -0.412 e. The van der Waals surface area contributed by atoms with E-state index in [0.717, 1.165) is 11.3 Å². The Morgan fingerprint density at radius 2 is 2.00 bits per heavy atom. The van der Waals surface area contributed by atoms with E-state index < -0.39 is 0 Å². The van der Waals surface area contributed by atoms with Crippen molar-refractivity contribution in [1.82, 2.24) is 4.98 Å². The molecule has 0 fully saturated rings. The van der Waals surface area contributed by atoms with Crippen molar-refractivity contribution in [3.05, 3.63) is 54.2 Å². The molecule has 0 bridgehead atoms. The third-order valence-electron chi connectivity index (χ3n) is 1.90. The van der Waals surface area contributed by atoms with E-state index in [2.05, 4.69) is 24.0 Å². The van der Waals surface area contributed by atoms with Crippen molar-refractivity contribution in [3.8, 4) is 11.3 Å². The van der Waals surface area contributed by atoms with Gasteiger partial charge in [-0.15, -0.1) is 35.9 Å². The number of benzene rings is 1. The minimum absolute atomic E-state index is 0. The fraction of sp³-hybridized carbons (Fsp3) is 0.0833. The summed E-state index contributed by atoms with van der Waals surface area (Å²) in [5.41, 5.74) is 3.26. The van der Waals surface area contributed by atoms with Crippen LogP contribution in [0.25, 0.3) is 11.3 Å². The van der Waals surface area contributed by atoms with Crippen LogP contribution in [0.2, 0.25) is 0 Å². The number of hydrogen-bond donors (Lipinski definition) is 0. The Bertz CT molecular complexity index is 403. The van der Waals surface area contributed by atoms with E-state index in [4.69, 9.17) is 0 Å². The molecule has 0 aliphatic carbocycles. The van der Waals surface area contributed by atoms with Gasteiger partial charge in [0.25, 0.3) is 0 Å². The van der Waals surface area contributed by atoms with Crippen molar-refractivity contribution < 1.29 is 25.6 Å². The molecule has 0 amide bonds. The molecular formula is C12H12IrNO-. The second-order valence-corrected chi connectivity index (χ2v) is 2.99. The van der Waals surface area contributed by atoms with E-state index in [0.29, 0.717) is 0 Å². The normalized spacial score (nSPS) is 8.60. The molecule has 15 heavy (non-hydrogen) atoms. The van der Waals surface area contributed by atoms with Gasteiger partial charge in [-0.3, -0.25) is 0 Å². The van der Waals surface area contributed by atoms with Crippen molar-refractivity contribution in [2.75, 3.05) is 0 Å². The minimum atomic E-state index is 0. The quantitative estimate of drug-likeness (QED) is 0.701. The molecular weight excluding hydrogens is 366 g/mol. The summed E-state index contributed by atoms with van der Waals surface area (Å²) in [6, 6.07) is 15.1. The van der Waals surface area contributed by atoms with Crippen LogP contribution in [0, 0.1) is 13.0 Å². The Morgan fingerprint density at radius 1 is 1.20 bits per heavy atom. The Balaban J connectivity index is 0.000000980. The van der Waals surface area contributed by atoms with Crippen LogP contribution in [0.1, 0.15) is 5.56 Å². The maximum Gasteiger partial charge on any atom is 0.0163 e. The monoisotopic (exact) mass is 379 g/mol. The number of rotatable bonds is 1. The van der Waals surface area contributed by atoms with Gasteiger partial charge in [0.15, 0.2) is 0 Å². The third-order valence-corrected chi connectivity index (χ3v) is 1.90. The summed E-state index contributed by atoms with van der Waals surface area (Å²) >= 11 is 0. The van der Waals surface area contributed by atoms with Gasteiger partial charge >= 0.3 is 0 Å². The number of aryl methyl sites for hydroxylation is 1. The molecule has 81 valence electrons. The summed E-state index contributed by atoms with van der Waals surface area (Å²) in [4.78, 5) is 4.28. The van der Waals surface area contributed by atoms with E-state index in [-0.39, 0.29) is 25.6 Å². The fourth-order valence-corrected chi connectivity index (χ4v) is 1.24. The molecule has 0 spiro atoms. The molecule has 0 saturated carbocycles. The van der Waals surface area contributed by atoms with Crippen LogP contribution in [0.15, 0.2) is 42.6 Å². The number of pyridine rings is 1. The first-order valence-corrected chi connectivity index (χ1v) is 4.26. The van der Waals surface area contributed by atoms with Gasteiger partial charge in [0.2, 0.25) is 0 Å². The molecule has 2 rings (SSSR count). The van der Waals surface area contributed by atoms with Gasteiger partial charge in [0.1, 0.15) is 0 Å². The molecule has 0 aliphatic heterocycles. The van der Waals surface area contributed by atoms with Crippen LogP contribution >= 0.6 is 0 Å². The molecule has 3 heteroatoms. The smallest absolute Gasteiger partial charge is 0.0163 e. The average Bonchev–Trinajstić information content (AvgIpc) is 2.19. The molecule has 1 radical (unpaired) electrons. The van der Waals surface area contributed by atoms with Gasteiger partial charge in [-0.1, -0.05) is 11.6 Å². The summed E-state index contributed by atoms with van der Waals surface area (Å²) < 4.78 is 0. The summed E-state index contributed by atoms with van der Waals surface area (Å²) in [5, 5.41) is 0. The Hall–Kier alpha value is -1.02. The standard InChI is InChI=1S/C12H10N.Ir.H2O/c1-10-7-8-13-12(9-10)11-5-3-2-4-6-11;;/h2-5,7-9H,1H3;;1H2/q-1;;. The second kappa shape index (κ2) is 6.46. The van der Waals surface area contributed by atoms with Crippen LogP contribution in [0.5, 0.6) is 0 Å². The van der Waals surface area contributed by atoms with Crippen LogP contribution in [-0.2, 0) is 20.1 Å². The Morgan fingerprint density at radius 3 is 2.60 bits per heavy atom. The van der Waals surface area contributed by atoms with Crippen LogP contribution in [-0.4, -0.2) is 10.5 Å². The predicted molar refractivity (Wildman–Crippen MR) is 56.9 cm³/mol. The maximum atomic E-state index is 4.28. The van der Waals surface area contributed by atoms with E-state index in [1.807, 2.05) is 36.5 Å². The van der Waals surface area contributed by atoms with Crippen LogP contribution in [0.4, 0.5) is 0 Å². The molecule has 0 atom stereocenters. The molecule has 0 saturated heterocycles. The molecule has 2 nitrogen and oxygen atoms in total. The third kappa shape index (κ3) is 3.55. The number of hydrogen-bond acceptors (Lipinski definition) is 1. The zero-order valence-corrected chi connectivity index (χ0v) is 10.7. The second-order valence-electron chi connectivity index (χ2n) is 2.99. The topological polar surface area (TPSA) is 44.4 Å². The first kappa shape index (κ1) is 14.0. The van der Waals surface area contributed by atoms with E-state index >= 15 is 0 Å². The summed E-state index contributed by atoms with van der Waals surface area (Å²) in [7, 11) is 0. The number of nitrogens with zero attached hydrogens (tertiary/aromatic N) is 1. The molecule has 1 aromatic carbocycles. The summed E-state index contributed by atoms with van der Waals surface area (Å²) in [6.07, 6.45) is 1.82. The van der Waals surface area contributed by atoms with Crippen LogP contribution < -0.4 is 0 Å². The molecule has 2 N–H and O–H groups in total. The molecule has 0 unspecified atom stereocenters. The van der Waals surface area contributed by atoms with E-state index in [1.165, 1.54) is 5.56 Å². The molecule has 0 aliphatic rings. The Kier molecular flexibility index (Phi) is 6.02. The molecule has 1 aromatic heterocycles. The van der Waals surface area contributed by atoms with Crippen molar-refractivity contribution in [2.24, 2.45) is 0 Å². The van der Waals surface area contributed by atoms with Crippen molar-refractivity contribution in [1.29, 1.82) is 0 Å². The predicted octanol–water partition coefficient (Wildman–Crippen LogP) is 2.03. The van der Waals surface area contributed by atoms with Gasteiger partial charge < -0.3 is 10.5 Å². The van der Waals surface area contributed by atoms with Gasteiger partial charge in [-0.25, -0.2) is 0 Å². The molecule has 2 aromatic rings. The SMILES string of the molecule is Cc1ccnc(-c2[c-]cccc2)c1.O.[Ir]. The average molecular weight is 378 g/mol. The zero-order chi connectivity index (χ0) is 9.10. The van der Waals surface area contributed by atoms with Gasteiger partial charge in [-0.05, 0) is 18.7 Å². The van der Waals surface area contributed by atoms with Gasteiger partial charge in [0.05, 0.1) is 0 Å². The van der Waals surface area contributed by atoms with Gasteiger partial charge in [-0.2, -0.15) is 0 Å². The van der Waals surface area contributed by atoms with Crippen molar-refractivity contribution in [2.45, 2.75) is 6.92 Å². The molecule has 1 heterocycles.